The van der Waals surface area contributed by atoms with Crippen LogP contribution in [0.25, 0.3) is 0 Å². The molecule has 0 saturated heterocycles. The van der Waals surface area contributed by atoms with E-state index in [1.54, 1.807) is 0 Å². The van der Waals surface area contributed by atoms with Crippen molar-refractivity contribution < 1.29 is 4.79 Å². The van der Waals surface area contributed by atoms with Gasteiger partial charge >= 0.3 is 0 Å². The standard InChI is InChI=1S/C15H22N2O/c1-2-3-7-15(18)17-14-6-4-5-12(10-14)11-16-13-8-9-13/h4-6,10,13,16H,2-3,7-9,11H2,1H3,(H,17,18). The van der Waals surface area contributed by atoms with Gasteiger partial charge in [0.15, 0.2) is 0 Å². The summed E-state index contributed by atoms with van der Waals surface area (Å²) in [4.78, 5) is 11.6. The summed E-state index contributed by atoms with van der Waals surface area (Å²) in [5.41, 5.74) is 2.14. The summed E-state index contributed by atoms with van der Waals surface area (Å²) in [6.07, 6.45) is 5.22. The summed E-state index contributed by atoms with van der Waals surface area (Å²) in [6.45, 7) is 2.99. The fourth-order valence-electron chi connectivity index (χ4n) is 1.87. The number of amides is 1. The molecule has 18 heavy (non-hydrogen) atoms. The molecule has 98 valence electrons. The van der Waals surface area contributed by atoms with Crippen LogP contribution in [0.15, 0.2) is 24.3 Å². The molecule has 0 atom stereocenters. The van der Waals surface area contributed by atoms with Crippen LogP contribution in [0, 0.1) is 0 Å². The zero-order valence-corrected chi connectivity index (χ0v) is 11.0. The van der Waals surface area contributed by atoms with Gasteiger partial charge in [0.25, 0.3) is 0 Å². The quantitative estimate of drug-likeness (QED) is 0.776. The van der Waals surface area contributed by atoms with Crippen LogP contribution in [0.1, 0.15) is 44.6 Å². The molecule has 0 heterocycles. The lowest BCUT2D eigenvalue weighted by Gasteiger charge is -2.08. The molecule has 0 aliphatic heterocycles. The average Bonchev–Trinajstić information content (AvgIpc) is 3.18. The molecule has 3 heteroatoms. The van der Waals surface area contributed by atoms with Gasteiger partial charge in [-0.15, -0.1) is 0 Å². The lowest BCUT2D eigenvalue weighted by molar-refractivity contribution is -0.116. The van der Waals surface area contributed by atoms with E-state index in [4.69, 9.17) is 0 Å². The number of unbranched alkanes of at least 4 members (excludes halogenated alkanes) is 1. The fraction of sp³-hybridized carbons (Fsp3) is 0.533. The summed E-state index contributed by atoms with van der Waals surface area (Å²) < 4.78 is 0. The van der Waals surface area contributed by atoms with Gasteiger partial charge in [-0.25, -0.2) is 0 Å². The topological polar surface area (TPSA) is 41.1 Å². The Hall–Kier alpha value is -1.35. The molecule has 0 radical (unpaired) electrons. The molecule has 3 nitrogen and oxygen atoms in total. The summed E-state index contributed by atoms with van der Waals surface area (Å²) in [7, 11) is 0. The minimum atomic E-state index is 0.115. The van der Waals surface area contributed by atoms with Crippen LogP contribution >= 0.6 is 0 Å². The number of carbonyl (C=O) groups is 1. The molecular weight excluding hydrogens is 224 g/mol. The first kappa shape index (κ1) is 13.1. The highest BCUT2D eigenvalue weighted by Gasteiger charge is 2.19. The van der Waals surface area contributed by atoms with E-state index in [0.717, 1.165) is 25.1 Å². The Morgan fingerprint density at radius 2 is 2.22 bits per heavy atom. The van der Waals surface area contributed by atoms with E-state index >= 15 is 0 Å². The van der Waals surface area contributed by atoms with E-state index in [9.17, 15) is 4.79 Å². The number of rotatable bonds is 7. The van der Waals surface area contributed by atoms with E-state index < -0.39 is 0 Å². The summed E-state index contributed by atoms with van der Waals surface area (Å²) in [5.74, 6) is 0.115. The van der Waals surface area contributed by atoms with Gasteiger partial charge < -0.3 is 10.6 Å². The second kappa shape index (κ2) is 6.55. The number of hydrogen-bond donors (Lipinski definition) is 2. The van der Waals surface area contributed by atoms with E-state index in [0.29, 0.717) is 12.5 Å². The Morgan fingerprint density at radius 1 is 1.39 bits per heavy atom. The van der Waals surface area contributed by atoms with Gasteiger partial charge in [-0.1, -0.05) is 25.5 Å². The Balaban J connectivity index is 1.83. The molecule has 1 aromatic carbocycles. The smallest absolute Gasteiger partial charge is 0.224 e. The Morgan fingerprint density at radius 3 is 2.94 bits per heavy atom. The van der Waals surface area contributed by atoms with Crippen molar-refractivity contribution in [3.05, 3.63) is 29.8 Å². The van der Waals surface area contributed by atoms with E-state index in [1.165, 1.54) is 18.4 Å². The van der Waals surface area contributed by atoms with Gasteiger partial charge in [-0.3, -0.25) is 4.79 Å². The number of carbonyl (C=O) groups excluding carboxylic acids is 1. The van der Waals surface area contributed by atoms with Crippen molar-refractivity contribution in [2.75, 3.05) is 5.32 Å². The predicted molar refractivity (Wildman–Crippen MR) is 74.5 cm³/mol. The normalized spacial score (nSPS) is 14.5. The lowest BCUT2D eigenvalue weighted by atomic mass is 10.2. The number of hydrogen-bond acceptors (Lipinski definition) is 2. The first-order chi connectivity index (χ1) is 8.78. The van der Waals surface area contributed by atoms with Gasteiger partial charge in [0.1, 0.15) is 0 Å². The van der Waals surface area contributed by atoms with Gasteiger partial charge in [0.05, 0.1) is 0 Å². The van der Waals surface area contributed by atoms with Gasteiger partial charge in [-0.05, 0) is 37.0 Å². The maximum Gasteiger partial charge on any atom is 0.224 e. The van der Waals surface area contributed by atoms with Crippen molar-refractivity contribution in [3.8, 4) is 0 Å². The van der Waals surface area contributed by atoms with Crippen molar-refractivity contribution in [3.63, 3.8) is 0 Å². The molecule has 2 N–H and O–H groups in total. The van der Waals surface area contributed by atoms with Crippen molar-refractivity contribution in [2.24, 2.45) is 0 Å². The Bertz CT molecular complexity index is 399. The molecular formula is C15H22N2O. The van der Waals surface area contributed by atoms with Crippen LogP contribution in [0.4, 0.5) is 5.69 Å². The van der Waals surface area contributed by atoms with Crippen molar-refractivity contribution >= 4 is 11.6 Å². The average molecular weight is 246 g/mol. The Kier molecular flexibility index (Phi) is 4.76. The van der Waals surface area contributed by atoms with Crippen molar-refractivity contribution in [2.45, 2.75) is 51.6 Å². The molecule has 1 fully saturated rings. The zero-order chi connectivity index (χ0) is 12.8. The molecule has 0 bridgehead atoms. The molecule has 1 aliphatic rings. The zero-order valence-electron chi connectivity index (χ0n) is 11.0. The van der Waals surface area contributed by atoms with E-state index in [-0.39, 0.29) is 5.91 Å². The SMILES string of the molecule is CCCCC(=O)Nc1cccc(CNC2CC2)c1. The van der Waals surface area contributed by atoms with E-state index in [1.807, 2.05) is 12.1 Å². The number of anilines is 1. The second-order valence-corrected chi connectivity index (χ2v) is 5.01. The van der Waals surface area contributed by atoms with Crippen LogP contribution in [-0.2, 0) is 11.3 Å². The molecule has 2 rings (SSSR count). The van der Waals surface area contributed by atoms with Crippen molar-refractivity contribution in [1.82, 2.24) is 5.32 Å². The number of nitrogens with one attached hydrogen (secondary N) is 2. The second-order valence-electron chi connectivity index (χ2n) is 5.01. The molecule has 1 aliphatic carbocycles. The highest BCUT2D eigenvalue weighted by atomic mass is 16.1. The van der Waals surface area contributed by atoms with Gasteiger partial charge in [0.2, 0.25) is 5.91 Å². The molecule has 1 saturated carbocycles. The van der Waals surface area contributed by atoms with Crippen LogP contribution < -0.4 is 10.6 Å². The highest BCUT2D eigenvalue weighted by Crippen LogP contribution is 2.20. The number of benzene rings is 1. The Labute approximate surface area is 109 Å². The maximum absolute atomic E-state index is 11.6. The van der Waals surface area contributed by atoms with Crippen LogP contribution in [0.2, 0.25) is 0 Å². The molecule has 0 unspecified atom stereocenters. The summed E-state index contributed by atoms with van der Waals surface area (Å²) in [6, 6.07) is 8.81. The lowest BCUT2D eigenvalue weighted by Crippen LogP contribution is -2.16. The highest BCUT2D eigenvalue weighted by molar-refractivity contribution is 5.90. The third-order valence-corrected chi connectivity index (χ3v) is 3.14. The molecule has 0 aromatic heterocycles. The third kappa shape index (κ3) is 4.49. The molecule has 1 aromatic rings. The van der Waals surface area contributed by atoms with Crippen LogP contribution in [0.5, 0.6) is 0 Å². The van der Waals surface area contributed by atoms with Gasteiger partial charge in [-0.2, -0.15) is 0 Å². The molecule has 0 spiro atoms. The molecule has 1 amide bonds. The minimum Gasteiger partial charge on any atom is -0.326 e. The first-order valence-electron chi connectivity index (χ1n) is 6.90. The maximum atomic E-state index is 11.6. The third-order valence-electron chi connectivity index (χ3n) is 3.14. The van der Waals surface area contributed by atoms with Crippen molar-refractivity contribution in [1.29, 1.82) is 0 Å². The largest absolute Gasteiger partial charge is 0.326 e. The summed E-state index contributed by atoms with van der Waals surface area (Å²) >= 11 is 0. The van der Waals surface area contributed by atoms with Gasteiger partial charge in [0, 0.05) is 24.7 Å². The monoisotopic (exact) mass is 246 g/mol. The minimum absolute atomic E-state index is 0.115. The summed E-state index contributed by atoms with van der Waals surface area (Å²) in [5, 5.41) is 6.43. The van der Waals surface area contributed by atoms with Crippen LogP contribution in [-0.4, -0.2) is 11.9 Å². The van der Waals surface area contributed by atoms with E-state index in [2.05, 4.69) is 29.7 Å². The predicted octanol–water partition coefficient (Wildman–Crippen LogP) is 3.07. The fourth-order valence-corrected chi connectivity index (χ4v) is 1.87. The first-order valence-corrected chi connectivity index (χ1v) is 6.90. The van der Waals surface area contributed by atoms with Crippen LogP contribution in [0.3, 0.4) is 0 Å².